The van der Waals surface area contributed by atoms with Crippen LogP contribution in [0.5, 0.6) is 0 Å². The van der Waals surface area contributed by atoms with E-state index in [-0.39, 0.29) is 0 Å². The highest BCUT2D eigenvalue weighted by Gasteiger charge is 2.30. The molecule has 1 aliphatic carbocycles. The van der Waals surface area contributed by atoms with Crippen LogP contribution in [0, 0.1) is 11.8 Å². The van der Waals surface area contributed by atoms with E-state index in [2.05, 4.69) is 39.7 Å². The van der Waals surface area contributed by atoms with Crippen molar-refractivity contribution in [2.75, 3.05) is 0 Å². The zero-order valence-corrected chi connectivity index (χ0v) is 10.8. The van der Waals surface area contributed by atoms with E-state index in [0.29, 0.717) is 11.8 Å². The zero-order valence-electron chi connectivity index (χ0n) is 8.67. The van der Waals surface area contributed by atoms with E-state index < -0.39 is 0 Å². The second kappa shape index (κ2) is 4.73. The van der Waals surface area contributed by atoms with Gasteiger partial charge in [-0.05, 0) is 42.4 Å². The summed E-state index contributed by atoms with van der Waals surface area (Å²) >= 11 is 2.37. The molecule has 2 nitrogen and oxygen atoms in total. The van der Waals surface area contributed by atoms with Crippen LogP contribution in [-0.2, 0) is 0 Å². The lowest BCUT2D eigenvalue weighted by molar-refractivity contribution is 0.394. The molecular weight excluding hydrogens is 287 g/mol. The minimum Gasteiger partial charge on any atom is -0.159 e. The standard InChI is InChI=1S/C11H17IN2/c1-8-9-6-4-2-3-5-7-10(9)11(12)14-13-8/h9-10H,2-7H2,1H3. The maximum atomic E-state index is 4.26. The van der Waals surface area contributed by atoms with Crippen LogP contribution in [0.2, 0.25) is 0 Å². The van der Waals surface area contributed by atoms with E-state index in [9.17, 15) is 0 Å². The second-order valence-electron chi connectivity index (χ2n) is 4.37. The molecule has 2 atom stereocenters. The SMILES string of the molecule is CC1=NN=C(I)C2CCCCCCC12. The Labute approximate surface area is 99.4 Å². The molecule has 14 heavy (non-hydrogen) atoms. The van der Waals surface area contributed by atoms with Gasteiger partial charge in [0.1, 0.15) is 3.72 Å². The maximum absolute atomic E-state index is 4.26. The van der Waals surface area contributed by atoms with Gasteiger partial charge >= 0.3 is 0 Å². The van der Waals surface area contributed by atoms with Crippen LogP contribution in [0.1, 0.15) is 45.4 Å². The van der Waals surface area contributed by atoms with Gasteiger partial charge in [0, 0.05) is 17.5 Å². The molecule has 1 aliphatic heterocycles. The first-order valence-electron chi connectivity index (χ1n) is 5.56. The fraction of sp³-hybridized carbons (Fsp3) is 0.818. The quantitative estimate of drug-likeness (QED) is 0.608. The third-order valence-corrected chi connectivity index (χ3v) is 4.43. The lowest BCUT2D eigenvalue weighted by Crippen LogP contribution is -2.29. The van der Waals surface area contributed by atoms with E-state index in [0.717, 1.165) is 0 Å². The first kappa shape index (κ1) is 10.6. The van der Waals surface area contributed by atoms with Crippen molar-refractivity contribution in [2.24, 2.45) is 22.0 Å². The predicted molar refractivity (Wildman–Crippen MR) is 69.2 cm³/mol. The number of rotatable bonds is 0. The van der Waals surface area contributed by atoms with Crippen molar-refractivity contribution in [2.45, 2.75) is 45.4 Å². The minimum absolute atomic E-state index is 0.688. The van der Waals surface area contributed by atoms with Crippen LogP contribution in [-0.4, -0.2) is 9.43 Å². The second-order valence-corrected chi connectivity index (χ2v) is 5.47. The van der Waals surface area contributed by atoms with Crippen LogP contribution in [0.3, 0.4) is 0 Å². The Kier molecular flexibility index (Phi) is 3.57. The van der Waals surface area contributed by atoms with Gasteiger partial charge in [0.2, 0.25) is 0 Å². The molecule has 78 valence electrons. The summed E-state index contributed by atoms with van der Waals surface area (Å²) in [5.74, 6) is 1.38. The van der Waals surface area contributed by atoms with Gasteiger partial charge in [-0.15, -0.1) is 5.10 Å². The predicted octanol–water partition coefficient (Wildman–Crippen LogP) is 3.80. The fourth-order valence-corrected chi connectivity index (χ4v) is 3.40. The van der Waals surface area contributed by atoms with Crippen molar-refractivity contribution < 1.29 is 0 Å². The Hall–Kier alpha value is 0.0700. The zero-order chi connectivity index (χ0) is 9.97. The van der Waals surface area contributed by atoms with Gasteiger partial charge in [-0.2, -0.15) is 5.10 Å². The number of hydrogen-bond acceptors (Lipinski definition) is 2. The molecule has 0 aromatic rings. The van der Waals surface area contributed by atoms with Gasteiger partial charge in [0.05, 0.1) is 0 Å². The Morgan fingerprint density at radius 2 is 1.64 bits per heavy atom. The summed E-state index contributed by atoms with van der Waals surface area (Å²) in [4.78, 5) is 0. The third kappa shape index (κ3) is 2.18. The Bertz CT molecular complexity index is 242. The van der Waals surface area contributed by atoms with Crippen LogP contribution >= 0.6 is 22.6 Å². The molecule has 0 amide bonds. The molecule has 0 aromatic carbocycles. The molecule has 2 aliphatic rings. The molecule has 2 rings (SSSR count). The van der Waals surface area contributed by atoms with Gasteiger partial charge in [-0.1, -0.05) is 25.7 Å². The molecule has 0 saturated heterocycles. The molecule has 3 heteroatoms. The number of hydrogen-bond donors (Lipinski definition) is 0. The van der Waals surface area contributed by atoms with E-state index in [4.69, 9.17) is 0 Å². The lowest BCUT2D eigenvalue weighted by Gasteiger charge is -2.30. The molecule has 0 aromatic heterocycles. The van der Waals surface area contributed by atoms with Gasteiger partial charge in [0.25, 0.3) is 0 Å². The number of nitrogens with zero attached hydrogens (tertiary/aromatic N) is 2. The van der Waals surface area contributed by atoms with Crippen LogP contribution in [0.25, 0.3) is 0 Å². The minimum atomic E-state index is 0.688. The van der Waals surface area contributed by atoms with Gasteiger partial charge < -0.3 is 0 Å². The molecule has 1 saturated carbocycles. The molecule has 1 heterocycles. The van der Waals surface area contributed by atoms with Gasteiger partial charge in [-0.25, -0.2) is 0 Å². The summed E-state index contributed by atoms with van der Waals surface area (Å²) < 4.78 is 1.24. The Morgan fingerprint density at radius 1 is 1.00 bits per heavy atom. The van der Waals surface area contributed by atoms with E-state index in [1.165, 1.54) is 48.0 Å². The van der Waals surface area contributed by atoms with E-state index in [1.807, 2.05) is 0 Å². The normalized spacial score (nSPS) is 33.6. The van der Waals surface area contributed by atoms with Crippen LogP contribution < -0.4 is 0 Å². The highest BCUT2D eigenvalue weighted by molar-refractivity contribution is 14.1. The maximum Gasteiger partial charge on any atom is 0.105 e. The summed E-state index contributed by atoms with van der Waals surface area (Å²) in [6.07, 6.45) is 8.20. The fourth-order valence-electron chi connectivity index (χ4n) is 2.54. The first-order chi connectivity index (χ1) is 6.79. The van der Waals surface area contributed by atoms with E-state index in [1.54, 1.807) is 0 Å². The van der Waals surface area contributed by atoms with Crippen molar-refractivity contribution >= 4 is 32.0 Å². The highest BCUT2D eigenvalue weighted by Crippen LogP contribution is 2.34. The Morgan fingerprint density at radius 3 is 2.36 bits per heavy atom. The molecule has 2 unspecified atom stereocenters. The average molecular weight is 304 g/mol. The van der Waals surface area contributed by atoms with Crippen LogP contribution in [0.4, 0.5) is 0 Å². The summed E-state index contributed by atoms with van der Waals surface area (Å²) in [6.45, 7) is 2.14. The topological polar surface area (TPSA) is 24.7 Å². The first-order valence-corrected chi connectivity index (χ1v) is 6.64. The van der Waals surface area contributed by atoms with Gasteiger partial charge in [-0.3, -0.25) is 0 Å². The third-order valence-electron chi connectivity index (χ3n) is 3.41. The summed E-state index contributed by atoms with van der Waals surface area (Å²) in [5.41, 5.74) is 1.26. The molecular formula is C11H17IN2. The monoisotopic (exact) mass is 304 g/mol. The summed E-state index contributed by atoms with van der Waals surface area (Å²) in [7, 11) is 0. The molecule has 0 N–H and O–H groups in total. The average Bonchev–Trinajstić information content (AvgIpc) is 2.11. The van der Waals surface area contributed by atoms with Crippen LogP contribution in [0.15, 0.2) is 10.2 Å². The Balaban J connectivity index is 2.16. The van der Waals surface area contributed by atoms with E-state index >= 15 is 0 Å². The van der Waals surface area contributed by atoms with Crippen molar-refractivity contribution in [1.29, 1.82) is 0 Å². The molecule has 1 fully saturated rings. The number of halogens is 1. The highest BCUT2D eigenvalue weighted by atomic mass is 127. The summed E-state index contributed by atoms with van der Waals surface area (Å²) in [5, 5.41) is 8.52. The lowest BCUT2D eigenvalue weighted by atomic mass is 9.79. The number of fused-ring (bicyclic) bond motifs is 1. The molecule has 0 bridgehead atoms. The largest absolute Gasteiger partial charge is 0.159 e. The van der Waals surface area contributed by atoms with Gasteiger partial charge in [0.15, 0.2) is 0 Å². The molecule has 0 radical (unpaired) electrons. The van der Waals surface area contributed by atoms with Crippen molar-refractivity contribution in [3.8, 4) is 0 Å². The summed E-state index contributed by atoms with van der Waals surface area (Å²) in [6, 6.07) is 0. The van der Waals surface area contributed by atoms with Crippen molar-refractivity contribution in [3.63, 3.8) is 0 Å². The molecule has 0 spiro atoms. The van der Waals surface area contributed by atoms with Crippen molar-refractivity contribution in [1.82, 2.24) is 0 Å². The van der Waals surface area contributed by atoms with Crippen molar-refractivity contribution in [3.05, 3.63) is 0 Å². The smallest absolute Gasteiger partial charge is 0.105 e.